The number of benzene rings is 7. The average molecular weight is 715 g/mol. The van der Waals surface area contributed by atoms with Gasteiger partial charge in [0.1, 0.15) is 0 Å². The molecule has 15 rings (SSSR count). The molecule has 0 spiro atoms. The molecule has 13 aromatic rings. The minimum absolute atomic E-state index is 1.13. The maximum Gasteiger partial charge on any atom is 0.0621 e. The van der Waals surface area contributed by atoms with Crippen molar-refractivity contribution in [2.24, 2.45) is 0 Å². The molecule has 262 valence electrons. The van der Waals surface area contributed by atoms with Gasteiger partial charge >= 0.3 is 0 Å². The molecule has 4 heteroatoms. The molecule has 0 unspecified atom stereocenters. The minimum atomic E-state index is 1.13. The summed E-state index contributed by atoms with van der Waals surface area (Å²) in [5.41, 5.74) is 19.3. The number of aryl methyl sites for hydroxylation is 4. The maximum absolute atomic E-state index is 2.71. The van der Waals surface area contributed by atoms with Gasteiger partial charge in [-0.05, 0) is 110 Å². The van der Waals surface area contributed by atoms with E-state index in [0.29, 0.717) is 0 Å². The van der Waals surface area contributed by atoms with Gasteiger partial charge in [-0.1, -0.05) is 72.8 Å². The van der Waals surface area contributed by atoms with Gasteiger partial charge in [-0.25, -0.2) is 0 Å². The van der Waals surface area contributed by atoms with Crippen molar-refractivity contribution in [2.45, 2.75) is 38.5 Å². The van der Waals surface area contributed by atoms with Crippen LogP contribution in [0.5, 0.6) is 0 Å². The van der Waals surface area contributed by atoms with Crippen LogP contribution in [0.3, 0.4) is 0 Å². The first-order valence-electron chi connectivity index (χ1n) is 20.4. The number of hydrogen-bond acceptors (Lipinski definition) is 0. The molecule has 0 atom stereocenters. The van der Waals surface area contributed by atoms with Crippen LogP contribution in [0.15, 0.2) is 133 Å². The Morgan fingerprint density at radius 1 is 0.321 bits per heavy atom. The molecule has 0 radical (unpaired) electrons. The molecular formula is C52H34N4. The van der Waals surface area contributed by atoms with Crippen molar-refractivity contribution in [2.75, 3.05) is 0 Å². The molecular weight excluding hydrogens is 681 g/mol. The van der Waals surface area contributed by atoms with Crippen molar-refractivity contribution >= 4 is 98.0 Å². The molecule has 0 aliphatic heterocycles. The zero-order valence-corrected chi connectivity index (χ0v) is 30.7. The van der Waals surface area contributed by atoms with Gasteiger partial charge in [0.25, 0.3) is 0 Å². The van der Waals surface area contributed by atoms with Crippen LogP contribution in [-0.4, -0.2) is 17.9 Å². The lowest BCUT2D eigenvalue weighted by Crippen LogP contribution is -1.93. The Balaban J connectivity index is 1.21. The fourth-order valence-electron chi connectivity index (χ4n) is 12.1. The van der Waals surface area contributed by atoms with E-state index in [2.05, 4.69) is 151 Å². The summed E-state index contributed by atoms with van der Waals surface area (Å²) in [5.74, 6) is 0. The molecule has 6 heterocycles. The highest BCUT2D eigenvalue weighted by molar-refractivity contribution is 6.37. The largest absolute Gasteiger partial charge is 0.312 e. The molecule has 2 aliphatic rings. The van der Waals surface area contributed by atoms with Crippen LogP contribution in [0.2, 0.25) is 0 Å². The van der Waals surface area contributed by atoms with Gasteiger partial charge < -0.3 is 17.9 Å². The first kappa shape index (κ1) is 28.6. The molecule has 6 aromatic heterocycles. The van der Waals surface area contributed by atoms with Gasteiger partial charge in [0.15, 0.2) is 0 Å². The number of aromatic nitrogens is 4. The third kappa shape index (κ3) is 3.14. The monoisotopic (exact) mass is 714 g/mol. The van der Waals surface area contributed by atoms with Crippen molar-refractivity contribution in [3.05, 3.63) is 156 Å². The molecule has 4 nitrogen and oxygen atoms in total. The lowest BCUT2D eigenvalue weighted by Gasteiger charge is -2.08. The third-order valence-electron chi connectivity index (χ3n) is 14.0. The lowest BCUT2D eigenvalue weighted by molar-refractivity contribution is 0.889. The molecule has 0 amide bonds. The van der Waals surface area contributed by atoms with Crippen molar-refractivity contribution in [3.8, 4) is 11.4 Å². The zero-order chi connectivity index (χ0) is 36.0. The van der Waals surface area contributed by atoms with Crippen molar-refractivity contribution < 1.29 is 0 Å². The summed E-state index contributed by atoms with van der Waals surface area (Å²) in [6.45, 7) is 0. The number of rotatable bonds is 2. The van der Waals surface area contributed by atoms with Crippen LogP contribution in [0.1, 0.15) is 35.4 Å². The van der Waals surface area contributed by atoms with Crippen molar-refractivity contribution in [1.82, 2.24) is 17.9 Å². The Morgan fingerprint density at radius 2 is 0.768 bits per heavy atom. The predicted molar refractivity (Wildman–Crippen MR) is 233 cm³/mol. The summed E-state index contributed by atoms with van der Waals surface area (Å²) in [7, 11) is 0. The SMILES string of the molecule is c1ccc(-n2c3ccccc3c3c4c5cc6c7c8c9ccccc9n(-c9ccccc9)c8cc8c9c(n(c6cc5n5c6c(c(cc32)c45)CCC6)c87)CCC9)cc1. The Labute approximate surface area is 320 Å². The van der Waals surface area contributed by atoms with E-state index in [1.54, 1.807) is 11.1 Å². The standard InChI is InChI=1S/C52H34N4/c1-3-13-29(14-4-1)53-41-21-9-7-17-33(41)47-45(53)26-35-31-19-11-23-39(31)55-43-28-44-38(25-37(43)49(47)51(35)55)50-48-34-18-8-10-22-42(34)54(30-15-5-2-6-16-30)46(48)27-36-32-20-12-24-40(32)56(44)52(36)50/h1-10,13-18,21-22,25-28H,11-12,19-20,23-24H2. The number of hydrogen-bond donors (Lipinski definition) is 0. The van der Waals surface area contributed by atoms with Crippen LogP contribution in [0.25, 0.3) is 109 Å². The smallest absolute Gasteiger partial charge is 0.0621 e. The topological polar surface area (TPSA) is 18.7 Å². The Kier molecular flexibility index (Phi) is 4.97. The number of para-hydroxylation sites is 4. The maximum atomic E-state index is 2.71. The first-order valence-corrected chi connectivity index (χ1v) is 20.4. The summed E-state index contributed by atoms with van der Waals surface area (Å²) in [5, 5.41) is 13.8. The quantitative estimate of drug-likeness (QED) is 0.170. The fourth-order valence-corrected chi connectivity index (χ4v) is 12.1. The van der Waals surface area contributed by atoms with Gasteiger partial charge in [-0.15, -0.1) is 0 Å². The highest BCUT2D eigenvalue weighted by Crippen LogP contribution is 2.52. The van der Waals surface area contributed by atoms with Crippen LogP contribution < -0.4 is 0 Å². The number of nitrogens with zero attached hydrogens (tertiary/aromatic N) is 4. The molecule has 0 saturated heterocycles. The molecule has 0 bridgehead atoms. The minimum Gasteiger partial charge on any atom is -0.312 e. The van der Waals surface area contributed by atoms with E-state index in [4.69, 9.17) is 0 Å². The van der Waals surface area contributed by atoms with E-state index in [1.165, 1.54) is 134 Å². The van der Waals surface area contributed by atoms with E-state index in [-0.39, 0.29) is 0 Å². The first-order chi connectivity index (χ1) is 27.8. The van der Waals surface area contributed by atoms with E-state index < -0.39 is 0 Å². The number of fused-ring (bicyclic) bond motifs is 20. The summed E-state index contributed by atoms with van der Waals surface area (Å²) >= 11 is 0. The molecule has 56 heavy (non-hydrogen) atoms. The Hall–Kier alpha value is -6.78. The van der Waals surface area contributed by atoms with E-state index in [0.717, 1.165) is 25.7 Å². The van der Waals surface area contributed by atoms with Gasteiger partial charge in [-0.3, -0.25) is 0 Å². The predicted octanol–water partition coefficient (Wildman–Crippen LogP) is 12.9. The lowest BCUT2D eigenvalue weighted by atomic mass is 9.98. The van der Waals surface area contributed by atoms with Crippen LogP contribution in [-0.2, 0) is 25.7 Å². The van der Waals surface area contributed by atoms with Gasteiger partial charge in [0.05, 0.1) is 44.1 Å². The highest BCUT2D eigenvalue weighted by atomic mass is 15.0. The van der Waals surface area contributed by atoms with Gasteiger partial charge in [-0.2, -0.15) is 0 Å². The average Bonchev–Trinajstić information content (AvgIpc) is 4.11. The second-order valence-corrected chi connectivity index (χ2v) is 16.6. The van der Waals surface area contributed by atoms with Crippen molar-refractivity contribution in [1.29, 1.82) is 0 Å². The second kappa shape index (κ2) is 9.71. The second-order valence-electron chi connectivity index (χ2n) is 16.6. The molecule has 0 N–H and O–H groups in total. The van der Waals surface area contributed by atoms with Crippen molar-refractivity contribution in [3.63, 3.8) is 0 Å². The third-order valence-corrected chi connectivity index (χ3v) is 14.0. The van der Waals surface area contributed by atoms with Crippen LogP contribution >= 0.6 is 0 Å². The summed E-state index contributed by atoms with van der Waals surface area (Å²) in [6, 6.07) is 50.4. The Morgan fingerprint density at radius 3 is 1.25 bits per heavy atom. The zero-order valence-electron chi connectivity index (χ0n) is 30.7. The molecule has 7 aromatic carbocycles. The normalized spacial score (nSPS) is 14.7. The Bertz CT molecular complexity index is 3600. The van der Waals surface area contributed by atoms with Crippen LogP contribution in [0.4, 0.5) is 0 Å². The summed E-state index contributed by atoms with van der Waals surface area (Å²) < 4.78 is 10.4. The molecule has 0 fully saturated rings. The van der Waals surface area contributed by atoms with E-state index in [1.807, 2.05) is 0 Å². The van der Waals surface area contributed by atoms with Gasteiger partial charge in [0, 0.05) is 76.6 Å². The fraction of sp³-hybridized carbons (Fsp3) is 0.115. The highest BCUT2D eigenvalue weighted by Gasteiger charge is 2.32. The molecule has 2 aliphatic carbocycles. The van der Waals surface area contributed by atoms with E-state index >= 15 is 0 Å². The van der Waals surface area contributed by atoms with Crippen LogP contribution in [0, 0.1) is 0 Å². The van der Waals surface area contributed by atoms with Gasteiger partial charge in [0.2, 0.25) is 0 Å². The summed E-state index contributed by atoms with van der Waals surface area (Å²) in [6.07, 6.45) is 7.00. The molecule has 0 saturated carbocycles. The van der Waals surface area contributed by atoms with E-state index in [9.17, 15) is 0 Å². The summed E-state index contributed by atoms with van der Waals surface area (Å²) in [4.78, 5) is 0.